The summed E-state index contributed by atoms with van der Waals surface area (Å²) in [4.78, 5) is 12.7. The molecular formula is C6H11NO2S. The molecular weight excluding hydrogens is 150 g/mol. The maximum atomic E-state index is 10.9. The van der Waals surface area contributed by atoms with E-state index >= 15 is 0 Å². The number of aliphatic hydroxyl groups is 1. The average Bonchev–Trinajstić information content (AvgIpc) is 2.31. The Hall–Kier alpha value is -0.220. The van der Waals surface area contributed by atoms with E-state index in [0.717, 1.165) is 5.88 Å². The van der Waals surface area contributed by atoms with Gasteiger partial charge in [0, 0.05) is 13.2 Å². The lowest BCUT2D eigenvalue weighted by Crippen LogP contribution is -2.27. The highest BCUT2D eigenvalue weighted by atomic mass is 32.2. The van der Waals surface area contributed by atoms with Crippen molar-refractivity contribution in [1.82, 2.24) is 4.90 Å². The predicted molar refractivity (Wildman–Crippen MR) is 40.7 cm³/mol. The van der Waals surface area contributed by atoms with Gasteiger partial charge in [0.1, 0.15) is 0 Å². The number of nitrogens with zero attached hydrogens (tertiary/aromatic N) is 1. The highest BCUT2D eigenvalue weighted by Gasteiger charge is 2.19. The second-order valence-corrected chi connectivity index (χ2v) is 3.17. The number of carbonyl (C=O) groups excluding carboxylic acids is 1. The lowest BCUT2D eigenvalue weighted by atomic mass is 10.4. The first-order chi connectivity index (χ1) is 4.84. The second kappa shape index (κ2) is 3.83. The molecule has 0 bridgehead atoms. The molecule has 58 valence electrons. The van der Waals surface area contributed by atoms with E-state index < -0.39 is 0 Å². The molecule has 0 atom stereocenters. The van der Waals surface area contributed by atoms with Crippen LogP contribution >= 0.6 is 11.8 Å². The molecule has 1 N–H and O–H groups in total. The first-order valence-electron chi connectivity index (χ1n) is 3.31. The van der Waals surface area contributed by atoms with Gasteiger partial charge in [-0.2, -0.15) is 0 Å². The van der Waals surface area contributed by atoms with E-state index in [1.54, 1.807) is 16.7 Å². The van der Waals surface area contributed by atoms with Crippen LogP contribution in [0, 0.1) is 0 Å². The number of hydrogen-bond acceptors (Lipinski definition) is 3. The SMILES string of the molecule is O=C1CSCN1CCCO. The second-order valence-electron chi connectivity index (χ2n) is 2.21. The van der Waals surface area contributed by atoms with Crippen LogP contribution in [0.4, 0.5) is 0 Å². The third-order valence-corrected chi connectivity index (χ3v) is 2.36. The van der Waals surface area contributed by atoms with Gasteiger partial charge in [0.05, 0.1) is 11.6 Å². The molecule has 1 aliphatic heterocycles. The van der Waals surface area contributed by atoms with Crippen LogP contribution in [-0.4, -0.2) is 40.7 Å². The average molecular weight is 161 g/mol. The lowest BCUT2D eigenvalue weighted by Gasteiger charge is -2.12. The summed E-state index contributed by atoms with van der Waals surface area (Å²) in [5.74, 6) is 1.63. The van der Waals surface area contributed by atoms with Gasteiger partial charge in [0.25, 0.3) is 0 Å². The third kappa shape index (κ3) is 1.88. The van der Waals surface area contributed by atoms with Crippen molar-refractivity contribution in [1.29, 1.82) is 0 Å². The van der Waals surface area contributed by atoms with E-state index in [9.17, 15) is 4.79 Å². The minimum absolute atomic E-state index is 0.175. The van der Waals surface area contributed by atoms with Crippen molar-refractivity contribution in [3.8, 4) is 0 Å². The van der Waals surface area contributed by atoms with Crippen molar-refractivity contribution in [2.45, 2.75) is 6.42 Å². The van der Waals surface area contributed by atoms with Crippen LogP contribution in [0.5, 0.6) is 0 Å². The van der Waals surface area contributed by atoms with Crippen LogP contribution < -0.4 is 0 Å². The fourth-order valence-electron chi connectivity index (χ4n) is 0.857. The number of aliphatic hydroxyl groups excluding tert-OH is 1. The van der Waals surface area contributed by atoms with Crippen LogP contribution in [0.3, 0.4) is 0 Å². The molecule has 1 fully saturated rings. The van der Waals surface area contributed by atoms with Gasteiger partial charge in [-0.05, 0) is 6.42 Å². The molecule has 0 aromatic heterocycles. The normalized spacial score (nSPS) is 18.5. The minimum Gasteiger partial charge on any atom is -0.396 e. The van der Waals surface area contributed by atoms with Crippen LogP contribution in [-0.2, 0) is 4.79 Å². The number of hydrogen-bond donors (Lipinski definition) is 1. The van der Waals surface area contributed by atoms with Crippen molar-refractivity contribution in [3.05, 3.63) is 0 Å². The van der Waals surface area contributed by atoms with Crippen molar-refractivity contribution in [3.63, 3.8) is 0 Å². The lowest BCUT2D eigenvalue weighted by molar-refractivity contribution is -0.126. The Bertz CT molecular complexity index is 129. The molecule has 0 saturated carbocycles. The van der Waals surface area contributed by atoms with E-state index in [1.165, 1.54) is 0 Å². The zero-order valence-corrected chi connectivity index (χ0v) is 6.56. The fourth-order valence-corrected chi connectivity index (χ4v) is 1.80. The summed E-state index contributed by atoms with van der Waals surface area (Å²) in [5, 5.41) is 8.47. The van der Waals surface area contributed by atoms with Gasteiger partial charge in [0.2, 0.25) is 5.91 Å². The summed E-state index contributed by atoms with van der Waals surface area (Å²) in [6.07, 6.45) is 0.701. The Balaban J connectivity index is 2.20. The quantitative estimate of drug-likeness (QED) is 0.628. The number of carbonyl (C=O) groups is 1. The highest BCUT2D eigenvalue weighted by molar-refractivity contribution is 8.00. The number of amides is 1. The molecule has 0 aromatic rings. The predicted octanol–water partition coefficient (Wildman–Crippen LogP) is -0.0983. The number of thioether (sulfide) groups is 1. The molecule has 0 spiro atoms. The molecule has 3 nitrogen and oxygen atoms in total. The molecule has 10 heavy (non-hydrogen) atoms. The largest absolute Gasteiger partial charge is 0.396 e. The van der Waals surface area contributed by atoms with Gasteiger partial charge in [-0.1, -0.05) is 0 Å². The molecule has 0 aliphatic carbocycles. The monoisotopic (exact) mass is 161 g/mol. The molecule has 1 heterocycles. The van der Waals surface area contributed by atoms with Crippen molar-refractivity contribution < 1.29 is 9.90 Å². The van der Waals surface area contributed by atoms with E-state index in [4.69, 9.17) is 5.11 Å². The minimum atomic E-state index is 0.175. The first kappa shape index (κ1) is 7.88. The smallest absolute Gasteiger partial charge is 0.233 e. The van der Waals surface area contributed by atoms with Crippen LogP contribution in [0.1, 0.15) is 6.42 Å². The van der Waals surface area contributed by atoms with Crippen LogP contribution in [0.15, 0.2) is 0 Å². The summed E-state index contributed by atoms with van der Waals surface area (Å²) >= 11 is 1.64. The molecule has 1 saturated heterocycles. The Morgan fingerprint density at radius 3 is 3.00 bits per heavy atom. The van der Waals surface area contributed by atoms with E-state index in [2.05, 4.69) is 0 Å². The standard InChI is InChI=1S/C6H11NO2S/c8-3-1-2-7-5-10-4-6(7)9/h8H,1-5H2. The summed E-state index contributed by atoms with van der Waals surface area (Å²) in [5.41, 5.74) is 0. The van der Waals surface area contributed by atoms with Gasteiger partial charge in [0.15, 0.2) is 0 Å². The molecule has 4 heteroatoms. The molecule has 1 rings (SSSR count). The molecule has 0 unspecified atom stereocenters. The Kier molecular flexibility index (Phi) is 3.02. The van der Waals surface area contributed by atoms with Gasteiger partial charge in [-0.3, -0.25) is 4.79 Å². The van der Waals surface area contributed by atoms with Gasteiger partial charge in [-0.15, -0.1) is 11.8 Å². The van der Waals surface area contributed by atoms with Gasteiger partial charge in [-0.25, -0.2) is 0 Å². The van der Waals surface area contributed by atoms with E-state index in [1.807, 2.05) is 0 Å². The number of rotatable bonds is 3. The molecule has 0 radical (unpaired) electrons. The summed E-state index contributed by atoms with van der Waals surface area (Å²) in [6.45, 7) is 0.886. The Morgan fingerprint density at radius 2 is 2.50 bits per heavy atom. The van der Waals surface area contributed by atoms with Crippen LogP contribution in [0.2, 0.25) is 0 Å². The maximum Gasteiger partial charge on any atom is 0.233 e. The molecule has 1 aliphatic rings. The first-order valence-corrected chi connectivity index (χ1v) is 4.46. The zero-order chi connectivity index (χ0) is 7.40. The van der Waals surface area contributed by atoms with Crippen LogP contribution in [0.25, 0.3) is 0 Å². The van der Waals surface area contributed by atoms with Crippen molar-refractivity contribution in [2.24, 2.45) is 0 Å². The van der Waals surface area contributed by atoms with Gasteiger partial charge < -0.3 is 10.0 Å². The summed E-state index contributed by atoms with van der Waals surface area (Å²) in [6, 6.07) is 0. The fraction of sp³-hybridized carbons (Fsp3) is 0.833. The van der Waals surface area contributed by atoms with Crippen molar-refractivity contribution in [2.75, 3.05) is 24.8 Å². The maximum absolute atomic E-state index is 10.9. The zero-order valence-electron chi connectivity index (χ0n) is 5.75. The summed E-state index contributed by atoms with van der Waals surface area (Å²) < 4.78 is 0. The molecule has 1 amide bonds. The Labute approximate surface area is 64.4 Å². The summed E-state index contributed by atoms with van der Waals surface area (Å²) in [7, 11) is 0. The van der Waals surface area contributed by atoms with Gasteiger partial charge >= 0.3 is 0 Å². The Morgan fingerprint density at radius 1 is 1.70 bits per heavy atom. The molecule has 0 aromatic carbocycles. The van der Waals surface area contributed by atoms with E-state index in [-0.39, 0.29) is 12.5 Å². The van der Waals surface area contributed by atoms with E-state index in [0.29, 0.717) is 18.7 Å². The highest BCUT2D eigenvalue weighted by Crippen LogP contribution is 2.14. The third-order valence-electron chi connectivity index (χ3n) is 1.41. The van der Waals surface area contributed by atoms with Crippen molar-refractivity contribution >= 4 is 17.7 Å². The topological polar surface area (TPSA) is 40.5 Å².